The van der Waals surface area contributed by atoms with Gasteiger partial charge in [0, 0.05) is 12.7 Å². The number of benzene rings is 1. The molecule has 1 aromatic carbocycles. The van der Waals surface area contributed by atoms with E-state index in [4.69, 9.17) is 5.11 Å². The second kappa shape index (κ2) is 4.08. The van der Waals surface area contributed by atoms with Gasteiger partial charge in [-0.25, -0.2) is 4.79 Å². The highest BCUT2D eigenvalue weighted by Gasteiger charge is 2.51. The first kappa shape index (κ1) is 11.4. The Kier molecular flexibility index (Phi) is 2.75. The molecule has 0 spiro atoms. The molecule has 0 aromatic heterocycles. The van der Waals surface area contributed by atoms with E-state index in [0.29, 0.717) is 18.5 Å². The Bertz CT molecular complexity index is 449. The second-order valence-corrected chi connectivity index (χ2v) is 4.17. The van der Waals surface area contributed by atoms with Gasteiger partial charge in [0.2, 0.25) is 0 Å². The Hall–Kier alpha value is -2.04. The molecule has 1 aliphatic carbocycles. The highest BCUT2D eigenvalue weighted by Crippen LogP contribution is 2.48. The summed E-state index contributed by atoms with van der Waals surface area (Å²) in [6, 6.07) is 6.65. The summed E-state index contributed by atoms with van der Waals surface area (Å²) < 4.78 is 0. The standard InChI is InChI=1S/C12H14N2O3/c1-13-11(17)14-9-4-2-8(3-5-9)12(6-7-12)10(15)16/h2-5H,6-7H2,1H3,(H,15,16)(H2,13,14,17). The molecule has 3 N–H and O–H groups in total. The summed E-state index contributed by atoms with van der Waals surface area (Å²) in [5.74, 6) is -0.774. The van der Waals surface area contributed by atoms with E-state index in [9.17, 15) is 9.59 Å². The number of nitrogens with one attached hydrogen (secondary N) is 2. The Morgan fingerprint density at radius 1 is 1.24 bits per heavy atom. The zero-order valence-electron chi connectivity index (χ0n) is 9.49. The molecule has 1 fully saturated rings. The first-order valence-corrected chi connectivity index (χ1v) is 5.41. The molecule has 2 amide bonds. The lowest BCUT2D eigenvalue weighted by atomic mass is 9.96. The van der Waals surface area contributed by atoms with E-state index in [-0.39, 0.29) is 6.03 Å². The lowest BCUT2D eigenvalue weighted by molar-refractivity contribution is -0.140. The summed E-state index contributed by atoms with van der Waals surface area (Å²) in [5.41, 5.74) is 0.757. The van der Waals surface area contributed by atoms with Gasteiger partial charge in [0.15, 0.2) is 0 Å². The van der Waals surface area contributed by atoms with Gasteiger partial charge in [0.05, 0.1) is 5.41 Å². The molecule has 5 nitrogen and oxygen atoms in total. The van der Waals surface area contributed by atoms with Gasteiger partial charge in [0.25, 0.3) is 0 Å². The number of urea groups is 1. The number of aliphatic carboxylic acids is 1. The van der Waals surface area contributed by atoms with E-state index >= 15 is 0 Å². The zero-order valence-corrected chi connectivity index (χ0v) is 9.49. The SMILES string of the molecule is CNC(=O)Nc1ccc(C2(C(=O)O)CC2)cc1. The fraction of sp³-hybridized carbons (Fsp3) is 0.333. The van der Waals surface area contributed by atoms with Crippen LogP contribution in [0.2, 0.25) is 0 Å². The predicted octanol–water partition coefficient (Wildman–Crippen LogP) is 1.55. The molecule has 1 saturated carbocycles. The Labute approximate surface area is 98.8 Å². The van der Waals surface area contributed by atoms with Crippen LogP contribution in [0.15, 0.2) is 24.3 Å². The normalized spacial score (nSPS) is 16.1. The van der Waals surface area contributed by atoms with Crippen molar-refractivity contribution in [2.24, 2.45) is 0 Å². The molecule has 0 saturated heterocycles. The third kappa shape index (κ3) is 2.08. The van der Waals surface area contributed by atoms with Gasteiger partial charge >= 0.3 is 12.0 Å². The van der Waals surface area contributed by atoms with Gasteiger partial charge in [-0.3, -0.25) is 4.79 Å². The number of anilines is 1. The number of hydrogen-bond donors (Lipinski definition) is 3. The van der Waals surface area contributed by atoms with Crippen molar-refractivity contribution >= 4 is 17.7 Å². The lowest BCUT2D eigenvalue weighted by Crippen LogP contribution is -2.24. The van der Waals surface area contributed by atoms with Gasteiger partial charge in [-0.15, -0.1) is 0 Å². The summed E-state index contributed by atoms with van der Waals surface area (Å²) in [5, 5.41) is 14.2. The molecule has 0 unspecified atom stereocenters. The highest BCUT2D eigenvalue weighted by molar-refractivity contribution is 5.89. The van der Waals surface area contributed by atoms with Crippen molar-refractivity contribution in [3.8, 4) is 0 Å². The molecule has 0 atom stereocenters. The average Bonchev–Trinajstić information content (AvgIpc) is 3.11. The minimum Gasteiger partial charge on any atom is -0.481 e. The van der Waals surface area contributed by atoms with Crippen LogP contribution >= 0.6 is 0 Å². The largest absolute Gasteiger partial charge is 0.481 e. The van der Waals surface area contributed by atoms with Crippen molar-refractivity contribution in [3.63, 3.8) is 0 Å². The maximum Gasteiger partial charge on any atom is 0.318 e. The van der Waals surface area contributed by atoms with Crippen LogP contribution in [-0.4, -0.2) is 24.2 Å². The molecule has 0 bridgehead atoms. The molecule has 2 rings (SSSR count). The summed E-state index contributed by atoms with van der Waals surface area (Å²) in [6.45, 7) is 0. The van der Waals surface area contributed by atoms with Crippen molar-refractivity contribution in [2.45, 2.75) is 18.3 Å². The molecule has 1 aromatic rings. The van der Waals surface area contributed by atoms with Gasteiger partial charge in [-0.1, -0.05) is 12.1 Å². The van der Waals surface area contributed by atoms with Gasteiger partial charge < -0.3 is 15.7 Å². The quantitative estimate of drug-likeness (QED) is 0.742. The molecule has 1 aliphatic rings. The summed E-state index contributed by atoms with van der Waals surface area (Å²) in [4.78, 5) is 22.2. The minimum absolute atomic E-state index is 0.294. The highest BCUT2D eigenvalue weighted by atomic mass is 16.4. The first-order chi connectivity index (χ1) is 8.08. The van der Waals surface area contributed by atoms with Crippen LogP contribution in [0.25, 0.3) is 0 Å². The van der Waals surface area contributed by atoms with Crippen molar-refractivity contribution in [1.29, 1.82) is 0 Å². The van der Waals surface area contributed by atoms with Crippen molar-refractivity contribution in [1.82, 2.24) is 5.32 Å². The van der Waals surface area contributed by atoms with Crippen molar-refractivity contribution < 1.29 is 14.7 Å². The number of carbonyl (C=O) groups excluding carboxylic acids is 1. The van der Waals surface area contributed by atoms with Gasteiger partial charge in [-0.2, -0.15) is 0 Å². The molecular weight excluding hydrogens is 220 g/mol. The fourth-order valence-corrected chi connectivity index (χ4v) is 1.82. The minimum atomic E-state index is -0.774. The summed E-state index contributed by atoms with van der Waals surface area (Å²) in [7, 11) is 1.54. The van der Waals surface area contributed by atoms with Crippen molar-refractivity contribution in [2.75, 3.05) is 12.4 Å². The van der Waals surface area contributed by atoms with Crippen LogP contribution in [0.1, 0.15) is 18.4 Å². The molecule has 5 heteroatoms. The van der Waals surface area contributed by atoms with E-state index in [2.05, 4.69) is 10.6 Å². The van der Waals surface area contributed by atoms with E-state index < -0.39 is 11.4 Å². The molecule has 0 aliphatic heterocycles. The lowest BCUT2D eigenvalue weighted by Gasteiger charge is -2.11. The molecule has 0 radical (unpaired) electrons. The molecule has 90 valence electrons. The Morgan fingerprint density at radius 3 is 2.24 bits per heavy atom. The van der Waals surface area contributed by atoms with Crippen LogP contribution in [0.3, 0.4) is 0 Å². The van der Waals surface area contributed by atoms with Gasteiger partial charge in [-0.05, 0) is 30.5 Å². The number of carboxylic acids is 1. The van der Waals surface area contributed by atoms with E-state index in [1.807, 2.05) is 0 Å². The van der Waals surface area contributed by atoms with Crippen LogP contribution in [-0.2, 0) is 10.2 Å². The van der Waals surface area contributed by atoms with E-state index in [1.165, 1.54) is 7.05 Å². The average molecular weight is 234 g/mol. The van der Waals surface area contributed by atoms with Crippen LogP contribution in [0, 0.1) is 0 Å². The van der Waals surface area contributed by atoms with Crippen LogP contribution in [0.4, 0.5) is 10.5 Å². The van der Waals surface area contributed by atoms with Crippen molar-refractivity contribution in [3.05, 3.63) is 29.8 Å². The Morgan fingerprint density at radius 2 is 1.82 bits per heavy atom. The summed E-state index contributed by atoms with van der Waals surface area (Å²) >= 11 is 0. The predicted molar refractivity (Wildman–Crippen MR) is 63.1 cm³/mol. The van der Waals surface area contributed by atoms with E-state index in [0.717, 1.165) is 5.56 Å². The van der Waals surface area contributed by atoms with Crippen LogP contribution in [0.5, 0.6) is 0 Å². The Balaban J connectivity index is 2.14. The van der Waals surface area contributed by atoms with Crippen LogP contribution < -0.4 is 10.6 Å². The topological polar surface area (TPSA) is 78.4 Å². The number of hydrogen-bond acceptors (Lipinski definition) is 2. The monoisotopic (exact) mass is 234 g/mol. The number of amides is 2. The molecule has 0 heterocycles. The maximum absolute atomic E-state index is 11.1. The number of rotatable bonds is 3. The second-order valence-electron chi connectivity index (χ2n) is 4.17. The maximum atomic E-state index is 11.1. The first-order valence-electron chi connectivity index (χ1n) is 5.41. The number of carbonyl (C=O) groups is 2. The zero-order chi connectivity index (χ0) is 12.5. The smallest absolute Gasteiger partial charge is 0.318 e. The molecule has 17 heavy (non-hydrogen) atoms. The third-order valence-electron chi connectivity index (χ3n) is 3.08. The molecular formula is C12H14N2O3. The summed E-state index contributed by atoms with van der Waals surface area (Å²) in [6.07, 6.45) is 1.37. The third-order valence-corrected chi connectivity index (χ3v) is 3.08. The fourth-order valence-electron chi connectivity index (χ4n) is 1.82. The van der Waals surface area contributed by atoms with Gasteiger partial charge in [0.1, 0.15) is 0 Å². The number of carboxylic acid groups (broad SMARTS) is 1. The van der Waals surface area contributed by atoms with E-state index in [1.54, 1.807) is 24.3 Å².